The Balaban J connectivity index is 0.000000249. The lowest BCUT2D eigenvalue weighted by molar-refractivity contribution is -0.0724. The van der Waals surface area contributed by atoms with Crippen molar-refractivity contribution in [1.29, 1.82) is 0 Å². The van der Waals surface area contributed by atoms with Gasteiger partial charge in [0, 0.05) is 12.4 Å². The van der Waals surface area contributed by atoms with E-state index in [9.17, 15) is 17.6 Å². The van der Waals surface area contributed by atoms with Crippen LogP contribution in [0.3, 0.4) is 0 Å². The van der Waals surface area contributed by atoms with Gasteiger partial charge in [0.2, 0.25) is 0 Å². The van der Waals surface area contributed by atoms with Gasteiger partial charge in [-0.3, -0.25) is 4.98 Å². The van der Waals surface area contributed by atoms with E-state index in [1.54, 1.807) is 12.4 Å². The van der Waals surface area contributed by atoms with Gasteiger partial charge in [-0.05, 0) is 44.0 Å². The third kappa shape index (κ3) is 6.31. The van der Waals surface area contributed by atoms with Crippen LogP contribution in [0.5, 0.6) is 0 Å². The zero-order valence-corrected chi connectivity index (χ0v) is 9.77. The molecule has 0 amide bonds. The van der Waals surface area contributed by atoms with Gasteiger partial charge in [-0.1, -0.05) is 6.07 Å². The minimum Gasteiger partial charge on any atom is -0.265 e. The van der Waals surface area contributed by atoms with E-state index in [2.05, 4.69) is 4.98 Å². The lowest BCUT2D eigenvalue weighted by atomic mass is 10.5. The van der Waals surface area contributed by atoms with Crippen LogP contribution in [0.1, 0.15) is 0 Å². The van der Waals surface area contributed by atoms with E-state index in [0.717, 1.165) is 0 Å². The molecule has 1 heterocycles. The van der Waals surface area contributed by atoms with Crippen LogP contribution < -0.4 is 0 Å². The summed E-state index contributed by atoms with van der Waals surface area (Å²) in [6.45, 7) is 0. The molecule has 1 aromatic rings. The van der Waals surface area contributed by atoms with Gasteiger partial charge in [0.15, 0.2) is 0 Å². The second-order valence-electron chi connectivity index (χ2n) is 2.02. The molecule has 0 aliphatic carbocycles. The van der Waals surface area contributed by atoms with Crippen molar-refractivity contribution >= 4 is 31.9 Å². The van der Waals surface area contributed by atoms with E-state index in [-0.39, 0.29) is 0 Å². The molecule has 7 heteroatoms. The number of pyridine rings is 1. The van der Waals surface area contributed by atoms with Crippen LogP contribution in [0.4, 0.5) is 17.6 Å². The van der Waals surface area contributed by atoms with Gasteiger partial charge >= 0.3 is 9.66 Å². The fourth-order valence-electron chi connectivity index (χ4n) is 0.313. The quantitative estimate of drug-likeness (QED) is 0.556. The highest BCUT2D eigenvalue weighted by atomic mass is 79.9. The van der Waals surface area contributed by atoms with Crippen LogP contribution in [-0.2, 0) is 0 Å². The molecule has 0 aliphatic heterocycles. The molecule has 0 unspecified atom stereocenters. The van der Waals surface area contributed by atoms with Gasteiger partial charge in [0.1, 0.15) is 0 Å². The molecule has 14 heavy (non-hydrogen) atoms. The second-order valence-corrected chi connectivity index (χ2v) is 4.01. The van der Waals surface area contributed by atoms with Crippen molar-refractivity contribution in [2.45, 2.75) is 9.66 Å². The van der Waals surface area contributed by atoms with Crippen molar-refractivity contribution in [2.75, 3.05) is 0 Å². The first-order chi connectivity index (χ1) is 6.25. The number of aromatic nitrogens is 1. The average Bonchev–Trinajstić information content (AvgIpc) is 2.05. The van der Waals surface area contributed by atoms with Crippen molar-refractivity contribution in [1.82, 2.24) is 4.98 Å². The van der Waals surface area contributed by atoms with Gasteiger partial charge in [0.25, 0.3) is 0 Å². The Hall–Kier alpha value is -0.170. The SMILES string of the molecule is FC(F)(Br)C(F)(F)Br.c1ccncc1. The van der Waals surface area contributed by atoms with Crippen molar-refractivity contribution in [2.24, 2.45) is 0 Å². The largest absolute Gasteiger partial charge is 0.373 e. The van der Waals surface area contributed by atoms with Gasteiger partial charge < -0.3 is 0 Å². The topological polar surface area (TPSA) is 12.9 Å². The Morgan fingerprint density at radius 3 is 1.21 bits per heavy atom. The summed E-state index contributed by atoms with van der Waals surface area (Å²) in [6.07, 6.45) is 3.50. The van der Waals surface area contributed by atoms with Crippen molar-refractivity contribution in [3.05, 3.63) is 30.6 Å². The maximum Gasteiger partial charge on any atom is 0.373 e. The molecule has 0 fully saturated rings. The summed E-state index contributed by atoms with van der Waals surface area (Å²) >= 11 is 2.94. The van der Waals surface area contributed by atoms with E-state index < -0.39 is 9.66 Å². The summed E-state index contributed by atoms with van der Waals surface area (Å²) in [5, 5.41) is 0. The average molecular weight is 339 g/mol. The van der Waals surface area contributed by atoms with Gasteiger partial charge in [-0.25, -0.2) is 0 Å². The number of hydrogen-bond acceptors (Lipinski definition) is 1. The number of alkyl halides is 6. The lowest BCUT2D eigenvalue weighted by Crippen LogP contribution is -2.27. The minimum atomic E-state index is -4.17. The van der Waals surface area contributed by atoms with E-state index in [0.29, 0.717) is 0 Å². The highest BCUT2D eigenvalue weighted by Crippen LogP contribution is 2.43. The van der Waals surface area contributed by atoms with E-state index in [1.165, 1.54) is 31.9 Å². The Morgan fingerprint density at radius 2 is 1.14 bits per heavy atom. The molecule has 1 nitrogen and oxygen atoms in total. The smallest absolute Gasteiger partial charge is 0.265 e. The molecule has 0 saturated carbocycles. The molecule has 0 saturated heterocycles. The van der Waals surface area contributed by atoms with Gasteiger partial charge in [-0.2, -0.15) is 17.6 Å². The first-order valence-electron chi connectivity index (χ1n) is 3.23. The minimum absolute atomic E-state index is 1.47. The number of nitrogens with zero attached hydrogens (tertiary/aromatic N) is 1. The molecule has 0 N–H and O–H groups in total. The predicted octanol–water partition coefficient (Wildman–Crippen LogP) is 4.04. The maximum atomic E-state index is 11.3. The summed E-state index contributed by atoms with van der Waals surface area (Å²) in [6, 6.07) is 5.72. The molecule has 0 spiro atoms. The highest BCUT2D eigenvalue weighted by molar-refractivity contribution is 9.12. The molecular formula is C7H5Br2F4N. The molecule has 0 bridgehead atoms. The zero-order valence-electron chi connectivity index (χ0n) is 6.60. The van der Waals surface area contributed by atoms with E-state index >= 15 is 0 Å². The van der Waals surface area contributed by atoms with Crippen molar-refractivity contribution < 1.29 is 17.6 Å². The van der Waals surface area contributed by atoms with Gasteiger partial charge in [-0.15, -0.1) is 0 Å². The lowest BCUT2D eigenvalue weighted by Gasteiger charge is -2.13. The van der Waals surface area contributed by atoms with Crippen LogP contribution in [0.2, 0.25) is 0 Å². The third-order valence-electron chi connectivity index (χ3n) is 0.888. The molecule has 0 radical (unpaired) electrons. The first kappa shape index (κ1) is 13.8. The number of halogens is 6. The summed E-state index contributed by atoms with van der Waals surface area (Å²) in [5.41, 5.74) is 0. The fourth-order valence-corrected chi connectivity index (χ4v) is 0.313. The summed E-state index contributed by atoms with van der Waals surface area (Å²) in [7, 11) is 0. The summed E-state index contributed by atoms with van der Waals surface area (Å²) < 4.78 is 45.4. The highest BCUT2D eigenvalue weighted by Gasteiger charge is 2.52. The summed E-state index contributed by atoms with van der Waals surface area (Å²) in [4.78, 5) is -4.55. The number of hydrogen-bond donors (Lipinski definition) is 0. The predicted molar refractivity (Wildman–Crippen MR) is 52.0 cm³/mol. The van der Waals surface area contributed by atoms with E-state index in [1.807, 2.05) is 18.2 Å². The standard InChI is InChI=1S/C5H5N.C2Br2F4/c1-2-4-6-5-3-1;3-1(5,6)2(4,7)8/h1-5H;. The zero-order chi connectivity index (χ0) is 11.2. The van der Waals surface area contributed by atoms with Crippen LogP contribution >= 0.6 is 31.9 Å². The van der Waals surface area contributed by atoms with E-state index in [4.69, 9.17) is 0 Å². The molecule has 0 atom stereocenters. The molecule has 0 aliphatic rings. The van der Waals surface area contributed by atoms with Crippen molar-refractivity contribution in [3.63, 3.8) is 0 Å². The van der Waals surface area contributed by atoms with Crippen LogP contribution in [0.25, 0.3) is 0 Å². The van der Waals surface area contributed by atoms with Crippen LogP contribution in [0, 0.1) is 0 Å². The molecule has 80 valence electrons. The molecule has 1 aromatic heterocycles. The number of rotatable bonds is 1. The molecule has 1 rings (SSSR count). The Kier molecular flexibility index (Phi) is 5.58. The molecule has 0 aromatic carbocycles. The van der Waals surface area contributed by atoms with Crippen LogP contribution in [-0.4, -0.2) is 14.6 Å². The Morgan fingerprint density at radius 1 is 0.786 bits per heavy atom. The third-order valence-corrected chi connectivity index (χ3v) is 2.42. The normalized spacial score (nSPS) is 11.6. The van der Waals surface area contributed by atoms with Crippen LogP contribution in [0.15, 0.2) is 30.6 Å². The summed E-state index contributed by atoms with van der Waals surface area (Å²) in [5.74, 6) is 0. The first-order valence-corrected chi connectivity index (χ1v) is 4.82. The van der Waals surface area contributed by atoms with Gasteiger partial charge in [0.05, 0.1) is 0 Å². The fraction of sp³-hybridized carbons (Fsp3) is 0.286. The second kappa shape index (κ2) is 5.65. The van der Waals surface area contributed by atoms with Crippen molar-refractivity contribution in [3.8, 4) is 0 Å². The Labute approximate surface area is 94.8 Å². The molecular weight excluding hydrogens is 334 g/mol. The maximum absolute atomic E-state index is 11.3. The monoisotopic (exact) mass is 337 g/mol. The Bertz CT molecular complexity index is 205.